The van der Waals surface area contributed by atoms with E-state index >= 15 is 0 Å². The number of carbonyl (C=O) groups excluding carboxylic acids is 1. The number of ether oxygens (including phenoxy) is 1. The maximum atomic E-state index is 12.8. The summed E-state index contributed by atoms with van der Waals surface area (Å²) >= 11 is 1.43. The Kier molecular flexibility index (Phi) is 6.19. The lowest BCUT2D eigenvalue weighted by molar-refractivity contribution is 0.102. The number of methoxy groups -OCH3 is 1. The minimum atomic E-state index is 0.122. The second-order valence-electron chi connectivity index (χ2n) is 6.76. The number of nitrogens with zero attached hydrogens (tertiary/aromatic N) is 3. The Hall–Kier alpha value is -2.60. The summed E-state index contributed by atoms with van der Waals surface area (Å²) in [5, 5.41) is 9.43. The van der Waals surface area contributed by atoms with Gasteiger partial charge >= 0.3 is 0 Å². The summed E-state index contributed by atoms with van der Waals surface area (Å²) in [6.07, 6.45) is 0. The van der Waals surface area contributed by atoms with Crippen molar-refractivity contribution in [3.8, 4) is 17.1 Å². The maximum absolute atomic E-state index is 12.8. The van der Waals surface area contributed by atoms with Crippen LogP contribution in [0, 0.1) is 20.8 Å². The van der Waals surface area contributed by atoms with Crippen LogP contribution in [0.3, 0.4) is 0 Å². The van der Waals surface area contributed by atoms with Crippen LogP contribution in [-0.2, 0) is 6.54 Å². The number of benzene rings is 2. The first-order chi connectivity index (χ1) is 13.4. The van der Waals surface area contributed by atoms with Gasteiger partial charge in [-0.3, -0.25) is 4.79 Å². The van der Waals surface area contributed by atoms with Crippen molar-refractivity contribution in [2.75, 3.05) is 12.9 Å². The van der Waals surface area contributed by atoms with Crippen molar-refractivity contribution < 1.29 is 9.53 Å². The van der Waals surface area contributed by atoms with Crippen molar-refractivity contribution in [1.29, 1.82) is 0 Å². The van der Waals surface area contributed by atoms with E-state index in [9.17, 15) is 4.79 Å². The highest BCUT2D eigenvalue weighted by Gasteiger charge is 2.17. The summed E-state index contributed by atoms with van der Waals surface area (Å²) in [5.41, 5.74) is 5.02. The quantitative estimate of drug-likeness (QED) is 0.422. The highest BCUT2D eigenvalue weighted by atomic mass is 32.2. The zero-order chi connectivity index (χ0) is 20.3. The molecule has 0 radical (unpaired) electrons. The maximum Gasteiger partial charge on any atom is 0.191 e. The standard InChI is InChI=1S/C22H25N3O2S/c1-6-25-21(17-7-9-18(27-5)10-8-17)23-24-22(25)28-13-19(26)20-15(3)11-14(2)12-16(20)4/h7-12H,6,13H2,1-5H3. The first-order valence-electron chi connectivity index (χ1n) is 9.26. The van der Waals surface area contributed by atoms with Crippen molar-refractivity contribution in [1.82, 2.24) is 14.8 Å². The molecule has 2 aromatic carbocycles. The molecule has 0 saturated carbocycles. The number of hydrogen-bond donors (Lipinski definition) is 0. The molecule has 5 nitrogen and oxygen atoms in total. The Morgan fingerprint density at radius 2 is 1.71 bits per heavy atom. The highest BCUT2D eigenvalue weighted by Crippen LogP contribution is 2.27. The molecule has 0 aliphatic rings. The average molecular weight is 396 g/mol. The topological polar surface area (TPSA) is 57.0 Å². The van der Waals surface area contributed by atoms with E-state index in [-0.39, 0.29) is 5.78 Å². The van der Waals surface area contributed by atoms with Crippen LogP contribution in [0.15, 0.2) is 41.6 Å². The number of thioether (sulfide) groups is 1. The van der Waals surface area contributed by atoms with Gasteiger partial charge in [0.15, 0.2) is 16.8 Å². The summed E-state index contributed by atoms with van der Waals surface area (Å²) in [6.45, 7) is 8.82. The summed E-state index contributed by atoms with van der Waals surface area (Å²) < 4.78 is 7.25. The third kappa shape index (κ3) is 4.12. The fraction of sp³-hybridized carbons (Fsp3) is 0.318. The number of aromatic nitrogens is 3. The Bertz CT molecular complexity index is 971. The van der Waals surface area contributed by atoms with Crippen molar-refractivity contribution in [2.45, 2.75) is 39.4 Å². The predicted octanol–water partition coefficient (Wildman–Crippen LogP) is 4.87. The lowest BCUT2D eigenvalue weighted by Gasteiger charge is -2.11. The van der Waals surface area contributed by atoms with Gasteiger partial charge in [0.2, 0.25) is 0 Å². The molecule has 146 valence electrons. The van der Waals surface area contributed by atoms with Gasteiger partial charge < -0.3 is 9.30 Å². The van der Waals surface area contributed by atoms with Gasteiger partial charge in [0.25, 0.3) is 0 Å². The zero-order valence-corrected chi connectivity index (χ0v) is 17.8. The van der Waals surface area contributed by atoms with Gasteiger partial charge in [-0.1, -0.05) is 29.5 Å². The summed E-state index contributed by atoms with van der Waals surface area (Å²) in [6, 6.07) is 11.9. The number of Topliss-reactive ketones (excluding diaryl/α,β-unsaturated/α-hetero) is 1. The number of ketones is 1. The fourth-order valence-corrected chi connectivity index (χ4v) is 4.33. The molecule has 0 aliphatic carbocycles. The number of carbonyl (C=O) groups is 1. The van der Waals surface area contributed by atoms with Crippen LogP contribution in [0.1, 0.15) is 34.0 Å². The molecule has 0 spiro atoms. The van der Waals surface area contributed by atoms with Gasteiger partial charge in [0.1, 0.15) is 5.75 Å². The minimum absolute atomic E-state index is 0.122. The van der Waals surface area contributed by atoms with Crippen LogP contribution in [0.5, 0.6) is 5.75 Å². The number of hydrogen-bond acceptors (Lipinski definition) is 5. The summed E-state index contributed by atoms with van der Waals surface area (Å²) in [5.74, 6) is 2.06. The van der Waals surface area contributed by atoms with Crippen molar-refractivity contribution in [3.63, 3.8) is 0 Å². The fourth-order valence-electron chi connectivity index (χ4n) is 3.46. The SMILES string of the molecule is CCn1c(SCC(=O)c2c(C)cc(C)cc2C)nnc1-c1ccc(OC)cc1. The van der Waals surface area contributed by atoms with Gasteiger partial charge in [0.05, 0.1) is 12.9 Å². The second kappa shape index (κ2) is 8.61. The molecule has 0 N–H and O–H groups in total. The normalized spacial score (nSPS) is 10.9. The monoisotopic (exact) mass is 395 g/mol. The van der Waals surface area contributed by atoms with E-state index in [4.69, 9.17) is 4.74 Å². The lowest BCUT2D eigenvalue weighted by Crippen LogP contribution is -2.09. The molecule has 1 aromatic heterocycles. The summed E-state index contributed by atoms with van der Waals surface area (Å²) in [7, 11) is 1.65. The zero-order valence-electron chi connectivity index (χ0n) is 16.9. The van der Waals surface area contributed by atoms with Crippen LogP contribution in [0.25, 0.3) is 11.4 Å². The third-order valence-corrected chi connectivity index (χ3v) is 5.64. The molecule has 0 saturated heterocycles. The molecule has 0 unspecified atom stereocenters. The molecule has 3 rings (SSSR count). The molecular weight excluding hydrogens is 370 g/mol. The first-order valence-corrected chi connectivity index (χ1v) is 10.2. The van der Waals surface area contributed by atoms with E-state index in [0.717, 1.165) is 45.5 Å². The Morgan fingerprint density at radius 1 is 1.07 bits per heavy atom. The minimum Gasteiger partial charge on any atom is -0.497 e. The predicted molar refractivity (Wildman–Crippen MR) is 113 cm³/mol. The smallest absolute Gasteiger partial charge is 0.191 e. The van der Waals surface area contributed by atoms with E-state index in [1.807, 2.05) is 49.6 Å². The van der Waals surface area contributed by atoms with Crippen molar-refractivity contribution >= 4 is 17.5 Å². The van der Waals surface area contributed by atoms with Crippen LogP contribution in [-0.4, -0.2) is 33.4 Å². The van der Waals surface area contributed by atoms with E-state index < -0.39 is 0 Å². The Morgan fingerprint density at radius 3 is 2.29 bits per heavy atom. The number of aryl methyl sites for hydroxylation is 3. The highest BCUT2D eigenvalue weighted by molar-refractivity contribution is 7.99. The molecule has 6 heteroatoms. The Balaban J connectivity index is 1.80. The molecule has 0 aliphatic heterocycles. The van der Waals surface area contributed by atoms with Gasteiger partial charge in [0, 0.05) is 17.7 Å². The van der Waals surface area contributed by atoms with Crippen LogP contribution >= 0.6 is 11.8 Å². The van der Waals surface area contributed by atoms with Gasteiger partial charge in [-0.25, -0.2) is 0 Å². The average Bonchev–Trinajstić information content (AvgIpc) is 3.08. The second-order valence-corrected chi connectivity index (χ2v) is 7.71. The van der Waals surface area contributed by atoms with E-state index in [0.29, 0.717) is 5.75 Å². The first kappa shape index (κ1) is 20.1. The third-order valence-electron chi connectivity index (χ3n) is 4.67. The number of rotatable bonds is 7. The Labute approximate surface area is 170 Å². The van der Waals surface area contributed by atoms with Crippen LogP contribution in [0.2, 0.25) is 0 Å². The molecule has 3 aromatic rings. The molecule has 0 fully saturated rings. The van der Waals surface area contributed by atoms with Crippen LogP contribution < -0.4 is 4.74 Å². The van der Waals surface area contributed by atoms with Gasteiger partial charge in [-0.05, 0) is 63.1 Å². The summed E-state index contributed by atoms with van der Waals surface area (Å²) in [4.78, 5) is 12.8. The molecule has 0 bridgehead atoms. The van der Waals surface area contributed by atoms with E-state index in [1.165, 1.54) is 17.3 Å². The molecular formula is C22H25N3O2S. The van der Waals surface area contributed by atoms with Gasteiger partial charge in [-0.2, -0.15) is 0 Å². The lowest BCUT2D eigenvalue weighted by atomic mass is 9.97. The van der Waals surface area contributed by atoms with Gasteiger partial charge in [-0.15, -0.1) is 10.2 Å². The van der Waals surface area contributed by atoms with Crippen molar-refractivity contribution in [3.05, 3.63) is 58.7 Å². The van der Waals surface area contributed by atoms with E-state index in [1.54, 1.807) is 7.11 Å². The van der Waals surface area contributed by atoms with Crippen LogP contribution in [0.4, 0.5) is 0 Å². The van der Waals surface area contributed by atoms with E-state index in [2.05, 4.69) is 29.3 Å². The van der Waals surface area contributed by atoms with Crippen molar-refractivity contribution in [2.24, 2.45) is 0 Å². The molecule has 28 heavy (non-hydrogen) atoms. The molecule has 0 amide bonds. The molecule has 1 heterocycles. The largest absolute Gasteiger partial charge is 0.497 e. The molecule has 0 atom stereocenters.